The molecule has 0 saturated carbocycles. The second-order valence-electron chi connectivity index (χ2n) is 7.83. The van der Waals surface area contributed by atoms with Gasteiger partial charge in [0.25, 0.3) is 5.91 Å². The van der Waals surface area contributed by atoms with Crippen LogP contribution >= 0.6 is 11.6 Å². The van der Waals surface area contributed by atoms with E-state index in [9.17, 15) is 4.79 Å². The minimum atomic E-state index is -0.116. The predicted octanol–water partition coefficient (Wildman–Crippen LogP) is 5.07. The summed E-state index contributed by atoms with van der Waals surface area (Å²) in [6.07, 6.45) is 4.90. The van der Waals surface area contributed by atoms with Crippen molar-refractivity contribution in [1.82, 2.24) is 10.2 Å². The van der Waals surface area contributed by atoms with Crippen LogP contribution in [-0.2, 0) is 4.79 Å². The van der Waals surface area contributed by atoms with E-state index in [0.29, 0.717) is 6.54 Å². The van der Waals surface area contributed by atoms with Crippen LogP contribution in [0.25, 0.3) is 0 Å². The molecule has 156 valence electrons. The SMILES string of the molecule is Cc1ccc(OCC(=O)NC[C@@H](c2ccccc2Cl)N2CCCCCC2)cc1C. The van der Waals surface area contributed by atoms with Crippen molar-refractivity contribution in [2.24, 2.45) is 0 Å². The van der Waals surface area contributed by atoms with Gasteiger partial charge in [-0.1, -0.05) is 48.7 Å². The number of amides is 1. The van der Waals surface area contributed by atoms with E-state index in [1.165, 1.54) is 31.2 Å². The normalized spacial score (nSPS) is 16.1. The molecule has 3 rings (SSSR count). The molecule has 1 aliphatic heterocycles. The molecule has 2 aromatic rings. The molecule has 5 heteroatoms. The number of aryl methyl sites for hydroxylation is 2. The van der Waals surface area contributed by atoms with Crippen LogP contribution < -0.4 is 10.1 Å². The number of likely N-dealkylation sites (tertiary alicyclic amines) is 1. The van der Waals surface area contributed by atoms with Gasteiger partial charge in [-0.25, -0.2) is 0 Å². The van der Waals surface area contributed by atoms with Crippen LogP contribution in [0.3, 0.4) is 0 Å². The molecule has 4 nitrogen and oxygen atoms in total. The predicted molar refractivity (Wildman–Crippen MR) is 119 cm³/mol. The molecule has 1 aliphatic rings. The van der Waals surface area contributed by atoms with Gasteiger partial charge in [-0.05, 0) is 74.7 Å². The van der Waals surface area contributed by atoms with Crippen molar-refractivity contribution in [3.8, 4) is 5.75 Å². The molecule has 0 radical (unpaired) electrons. The highest BCUT2D eigenvalue weighted by molar-refractivity contribution is 6.31. The van der Waals surface area contributed by atoms with Gasteiger partial charge < -0.3 is 10.1 Å². The minimum absolute atomic E-state index is 0.0116. The average Bonchev–Trinajstić information content (AvgIpc) is 3.00. The summed E-state index contributed by atoms with van der Waals surface area (Å²) >= 11 is 6.50. The average molecular weight is 415 g/mol. The number of benzene rings is 2. The Labute approximate surface area is 179 Å². The Morgan fingerprint density at radius 2 is 1.79 bits per heavy atom. The van der Waals surface area contributed by atoms with Crippen LogP contribution in [0, 0.1) is 13.8 Å². The fourth-order valence-corrected chi connectivity index (χ4v) is 4.06. The van der Waals surface area contributed by atoms with E-state index < -0.39 is 0 Å². The molecule has 0 aromatic heterocycles. The molecule has 2 aromatic carbocycles. The second-order valence-corrected chi connectivity index (χ2v) is 8.23. The number of rotatable bonds is 7. The number of hydrogen-bond acceptors (Lipinski definition) is 3. The van der Waals surface area contributed by atoms with E-state index in [1.54, 1.807) is 0 Å². The Morgan fingerprint density at radius 1 is 1.07 bits per heavy atom. The number of nitrogens with one attached hydrogen (secondary N) is 1. The molecule has 29 heavy (non-hydrogen) atoms. The lowest BCUT2D eigenvalue weighted by Crippen LogP contribution is -2.40. The summed E-state index contributed by atoms with van der Waals surface area (Å²) < 4.78 is 5.68. The molecule has 1 amide bonds. The number of carbonyl (C=O) groups excluding carboxylic acids is 1. The maximum Gasteiger partial charge on any atom is 0.258 e. The Bertz CT molecular complexity index is 816. The van der Waals surface area contributed by atoms with Gasteiger partial charge in [0.05, 0.1) is 6.04 Å². The molecule has 0 bridgehead atoms. The lowest BCUT2D eigenvalue weighted by molar-refractivity contribution is -0.123. The number of halogens is 1. The van der Waals surface area contributed by atoms with Gasteiger partial charge in [-0.2, -0.15) is 0 Å². The smallest absolute Gasteiger partial charge is 0.258 e. The van der Waals surface area contributed by atoms with Crippen molar-refractivity contribution in [3.05, 3.63) is 64.2 Å². The molecule has 1 atom stereocenters. The van der Waals surface area contributed by atoms with Gasteiger partial charge in [0.15, 0.2) is 6.61 Å². The van der Waals surface area contributed by atoms with Gasteiger partial charge in [-0.3, -0.25) is 9.69 Å². The third-order valence-electron chi connectivity index (χ3n) is 5.69. The Balaban J connectivity index is 1.62. The van der Waals surface area contributed by atoms with Gasteiger partial charge in [0.2, 0.25) is 0 Å². The number of hydrogen-bond donors (Lipinski definition) is 1. The van der Waals surface area contributed by atoms with Crippen LogP contribution in [0.15, 0.2) is 42.5 Å². The van der Waals surface area contributed by atoms with Crippen molar-refractivity contribution in [2.45, 2.75) is 45.6 Å². The Kier molecular flexibility index (Phi) is 7.96. The molecular weight excluding hydrogens is 384 g/mol. The van der Waals surface area contributed by atoms with E-state index in [0.717, 1.165) is 35.0 Å². The van der Waals surface area contributed by atoms with E-state index >= 15 is 0 Å². The first-order valence-electron chi connectivity index (χ1n) is 10.5. The topological polar surface area (TPSA) is 41.6 Å². The van der Waals surface area contributed by atoms with Gasteiger partial charge in [-0.15, -0.1) is 0 Å². The fourth-order valence-electron chi connectivity index (χ4n) is 3.80. The molecule has 0 aliphatic carbocycles. The molecule has 1 saturated heterocycles. The minimum Gasteiger partial charge on any atom is -0.484 e. The van der Waals surface area contributed by atoms with E-state index in [2.05, 4.69) is 23.2 Å². The second kappa shape index (κ2) is 10.7. The highest BCUT2D eigenvalue weighted by atomic mass is 35.5. The lowest BCUT2D eigenvalue weighted by Gasteiger charge is -2.31. The highest BCUT2D eigenvalue weighted by Gasteiger charge is 2.24. The summed E-state index contributed by atoms with van der Waals surface area (Å²) in [4.78, 5) is 14.9. The van der Waals surface area contributed by atoms with Crippen LogP contribution in [0.5, 0.6) is 5.75 Å². The summed E-state index contributed by atoms with van der Waals surface area (Å²) in [6, 6.07) is 13.9. The van der Waals surface area contributed by atoms with Crippen molar-refractivity contribution in [3.63, 3.8) is 0 Å². The first-order chi connectivity index (χ1) is 14.0. The van der Waals surface area contributed by atoms with Crippen molar-refractivity contribution < 1.29 is 9.53 Å². The first-order valence-corrected chi connectivity index (χ1v) is 10.9. The van der Waals surface area contributed by atoms with E-state index in [1.807, 2.05) is 43.3 Å². The molecule has 1 heterocycles. The van der Waals surface area contributed by atoms with Gasteiger partial charge in [0, 0.05) is 11.6 Å². The summed E-state index contributed by atoms with van der Waals surface area (Å²) in [5, 5.41) is 3.81. The largest absolute Gasteiger partial charge is 0.484 e. The van der Waals surface area contributed by atoms with E-state index in [-0.39, 0.29) is 18.6 Å². The van der Waals surface area contributed by atoms with E-state index in [4.69, 9.17) is 16.3 Å². The zero-order chi connectivity index (χ0) is 20.6. The first kappa shape index (κ1) is 21.7. The van der Waals surface area contributed by atoms with Gasteiger partial charge >= 0.3 is 0 Å². The van der Waals surface area contributed by atoms with Crippen LogP contribution in [0.2, 0.25) is 5.02 Å². The lowest BCUT2D eigenvalue weighted by atomic mass is 10.0. The summed E-state index contributed by atoms with van der Waals surface area (Å²) in [6.45, 7) is 6.70. The zero-order valence-corrected chi connectivity index (χ0v) is 18.2. The number of carbonyl (C=O) groups is 1. The Morgan fingerprint density at radius 3 is 2.48 bits per heavy atom. The van der Waals surface area contributed by atoms with Crippen LogP contribution in [-0.4, -0.2) is 37.0 Å². The Hall–Kier alpha value is -2.04. The monoisotopic (exact) mass is 414 g/mol. The van der Waals surface area contributed by atoms with Gasteiger partial charge in [0.1, 0.15) is 5.75 Å². The molecule has 1 N–H and O–H groups in total. The summed E-state index contributed by atoms with van der Waals surface area (Å²) in [5.74, 6) is 0.605. The molecule has 0 unspecified atom stereocenters. The molecule has 1 fully saturated rings. The highest BCUT2D eigenvalue weighted by Crippen LogP contribution is 2.29. The molecular formula is C24H31ClN2O2. The van der Waals surface area contributed by atoms with Crippen LogP contribution in [0.4, 0.5) is 0 Å². The number of nitrogens with zero attached hydrogens (tertiary/aromatic N) is 1. The fraction of sp³-hybridized carbons (Fsp3) is 0.458. The third-order valence-corrected chi connectivity index (χ3v) is 6.03. The maximum atomic E-state index is 12.5. The number of ether oxygens (including phenoxy) is 1. The standard InChI is InChI=1S/C24H31ClN2O2/c1-18-11-12-20(15-19(18)2)29-17-24(28)26-16-23(21-9-5-6-10-22(21)25)27-13-7-3-4-8-14-27/h5-6,9-12,15,23H,3-4,7-8,13-14,16-17H2,1-2H3,(H,26,28)/t23-/m0/s1. The quantitative estimate of drug-likeness (QED) is 0.687. The molecule has 0 spiro atoms. The van der Waals surface area contributed by atoms with Crippen LogP contribution in [0.1, 0.15) is 48.4 Å². The summed E-state index contributed by atoms with van der Waals surface area (Å²) in [5.41, 5.74) is 3.44. The maximum absolute atomic E-state index is 12.5. The van der Waals surface area contributed by atoms with Crippen molar-refractivity contribution >= 4 is 17.5 Å². The third kappa shape index (κ3) is 6.22. The van der Waals surface area contributed by atoms with Crippen molar-refractivity contribution in [1.29, 1.82) is 0 Å². The van der Waals surface area contributed by atoms with Crippen molar-refractivity contribution in [2.75, 3.05) is 26.2 Å². The summed E-state index contributed by atoms with van der Waals surface area (Å²) in [7, 11) is 0. The zero-order valence-electron chi connectivity index (χ0n) is 17.4.